The minimum atomic E-state index is -0.230. The largest absolute Gasteiger partial charge is 0.395 e. The average Bonchev–Trinajstić information content (AvgIpc) is 2.82. The maximum Gasteiger partial charge on any atom is 0.123 e. The molecule has 2 rings (SSSR count). The number of hydrogen-bond acceptors (Lipinski definition) is 3. The first kappa shape index (κ1) is 15.4. The molecule has 0 saturated carbocycles. The summed E-state index contributed by atoms with van der Waals surface area (Å²) in [4.78, 5) is 2.30. The third kappa shape index (κ3) is 3.03. The zero-order valence-corrected chi connectivity index (χ0v) is 12.3. The van der Waals surface area contributed by atoms with Gasteiger partial charge in [0.15, 0.2) is 0 Å². The first-order valence-electron chi connectivity index (χ1n) is 7.46. The Bertz CT molecular complexity index is 423. The Morgan fingerprint density at radius 1 is 1.40 bits per heavy atom. The van der Waals surface area contributed by atoms with Crippen molar-refractivity contribution in [1.29, 1.82) is 0 Å². The number of rotatable bonds is 5. The van der Waals surface area contributed by atoms with E-state index in [1.807, 2.05) is 12.1 Å². The second-order valence-corrected chi connectivity index (χ2v) is 5.82. The summed E-state index contributed by atoms with van der Waals surface area (Å²) >= 11 is 0. The van der Waals surface area contributed by atoms with Crippen LogP contribution in [-0.2, 0) is 0 Å². The lowest BCUT2D eigenvalue weighted by Gasteiger charge is -2.37. The highest BCUT2D eigenvalue weighted by atomic mass is 19.1. The van der Waals surface area contributed by atoms with Gasteiger partial charge in [-0.15, -0.1) is 0 Å². The number of aliphatic hydroxyl groups excluding tert-OH is 1. The van der Waals surface area contributed by atoms with Gasteiger partial charge in [-0.05, 0) is 43.0 Å². The van der Waals surface area contributed by atoms with Crippen molar-refractivity contribution in [2.75, 3.05) is 13.2 Å². The third-order valence-corrected chi connectivity index (χ3v) is 4.56. The Balaban J connectivity index is 2.30. The van der Waals surface area contributed by atoms with Crippen molar-refractivity contribution in [2.45, 2.75) is 44.8 Å². The van der Waals surface area contributed by atoms with Crippen LogP contribution in [0.15, 0.2) is 24.3 Å². The van der Waals surface area contributed by atoms with Crippen molar-refractivity contribution in [3.05, 3.63) is 35.6 Å². The van der Waals surface area contributed by atoms with E-state index in [4.69, 9.17) is 5.73 Å². The number of nitrogens with two attached hydrogens (primary N) is 1. The van der Waals surface area contributed by atoms with Crippen LogP contribution < -0.4 is 5.73 Å². The Morgan fingerprint density at radius 3 is 2.60 bits per heavy atom. The Morgan fingerprint density at radius 2 is 2.05 bits per heavy atom. The van der Waals surface area contributed by atoms with Gasteiger partial charge in [-0.2, -0.15) is 0 Å². The van der Waals surface area contributed by atoms with E-state index in [1.54, 1.807) is 0 Å². The van der Waals surface area contributed by atoms with Crippen LogP contribution in [0.2, 0.25) is 0 Å². The van der Waals surface area contributed by atoms with Gasteiger partial charge >= 0.3 is 0 Å². The number of halogens is 1. The lowest BCUT2D eigenvalue weighted by molar-refractivity contribution is 0.0893. The average molecular weight is 280 g/mol. The Kier molecular flexibility index (Phi) is 5.13. The molecule has 20 heavy (non-hydrogen) atoms. The number of hydrogen-bond donors (Lipinski definition) is 2. The predicted octanol–water partition coefficient (Wildman–Crippen LogP) is 2.31. The molecule has 4 unspecified atom stereocenters. The lowest BCUT2D eigenvalue weighted by atomic mass is 9.94. The highest BCUT2D eigenvalue weighted by Crippen LogP contribution is 2.34. The fourth-order valence-electron chi connectivity index (χ4n) is 3.24. The summed E-state index contributed by atoms with van der Waals surface area (Å²) < 4.78 is 13.1. The molecule has 0 spiro atoms. The summed E-state index contributed by atoms with van der Waals surface area (Å²) in [5, 5.41) is 9.66. The van der Waals surface area contributed by atoms with Crippen LogP contribution in [0.4, 0.5) is 4.39 Å². The molecule has 0 aromatic heterocycles. The maximum atomic E-state index is 13.1. The van der Waals surface area contributed by atoms with E-state index in [-0.39, 0.29) is 30.5 Å². The van der Waals surface area contributed by atoms with Gasteiger partial charge in [0.1, 0.15) is 5.82 Å². The van der Waals surface area contributed by atoms with Crippen molar-refractivity contribution in [2.24, 2.45) is 11.7 Å². The monoisotopic (exact) mass is 280 g/mol. The molecule has 112 valence electrons. The summed E-state index contributed by atoms with van der Waals surface area (Å²) in [7, 11) is 0. The highest BCUT2D eigenvalue weighted by molar-refractivity contribution is 5.22. The molecule has 1 aliphatic rings. The van der Waals surface area contributed by atoms with E-state index in [2.05, 4.69) is 18.7 Å². The van der Waals surface area contributed by atoms with Gasteiger partial charge in [0.2, 0.25) is 0 Å². The van der Waals surface area contributed by atoms with E-state index >= 15 is 0 Å². The van der Waals surface area contributed by atoms with Crippen LogP contribution in [0.25, 0.3) is 0 Å². The lowest BCUT2D eigenvalue weighted by Crippen LogP contribution is -2.45. The molecule has 1 aromatic carbocycles. The molecule has 1 heterocycles. The topological polar surface area (TPSA) is 49.5 Å². The van der Waals surface area contributed by atoms with Gasteiger partial charge in [0.25, 0.3) is 0 Å². The van der Waals surface area contributed by atoms with E-state index in [0.29, 0.717) is 5.92 Å². The van der Waals surface area contributed by atoms with Crippen molar-refractivity contribution in [3.63, 3.8) is 0 Å². The summed E-state index contributed by atoms with van der Waals surface area (Å²) in [5.74, 6) is 0.234. The zero-order valence-electron chi connectivity index (χ0n) is 12.3. The van der Waals surface area contributed by atoms with Gasteiger partial charge in [-0.1, -0.05) is 26.0 Å². The van der Waals surface area contributed by atoms with Crippen LogP contribution in [0.1, 0.15) is 38.3 Å². The number of likely N-dealkylation sites (tertiary alicyclic amines) is 1. The quantitative estimate of drug-likeness (QED) is 0.870. The van der Waals surface area contributed by atoms with Gasteiger partial charge in [-0.25, -0.2) is 4.39 Å². The molecular formula is C16H25FN2O. The number of nitrogens with zero attached hydrogens (tertiary/aromatic N) is 1. The number of aliphatic hydroxyl groups is 1. The van der Waals surface area contributed by atoms with Gasteiger partial charge in [0, 0.05) is 12.1 Å². The molecule has 1 aromatic rings. The molecule has 0 bridgehead atoms. The standard InChI is InChI=1S/C16H25FN2O/c1-3-14(18)16(12-4-6-13(17)7-5-12)19-9-8-11(2)15(19)10-20/h4-7,11,14-16,20H,3,8-10,18H2,1-2H3. The maximum absolute atomic E-state index is 13.1. The molecule has 4 heteroatoms. The molecule has 0 amide bonds. The van der Waals surface area contributed by atoms with Gasteiger partial charge in [0.05, 0.1) is 12.6 Å². The summed E-state index contributed by atoms with van der Waals surface area (Å²) in [6.45, 7) is 5.31. The predicted molar refractivity (Wildman–Crippen MR) is 78.8 cm³/mol. The van der Waals surface area contributed by atoms with Crippen LogP contribution in [-0.4, -0.2) is 35.2 Å². The highest BCUT2D eigenvalue weighted by Gasteiger charge is 2.37. The first-order valence-corrected chi connectivity index (χ1v) is 7.46. The number of benzene rings is 1. The molecule has 4 atom stereocenters. The fourth-order valence-corrected chi connectivity index (χ4v) is 3.24. The van der Waals surface area contributed by atoms with Crippen LogP contribution in [0.3, 0.4) is 0 Å². The molecule has 1 fully saturated rings. The molecule has 0 radical (unpaired) electrons. The van der Waals surface area contributed by atoms with Crippen molar-refractivity contribution >= 4 is 0 Å². The van der Waals surface area contributed by atoms with Crippen LogP contribution >= 0.6 is 0 Å². The van der Waals surface area contributed by atoms with E-state index in [9.17, 15) is 9.50 Å². The molecule has 1 aliphatic heterocycles. The molecule has 3 N–H and O–H groups in total. The third-order valence-electron chi connectivity index (χ3n) is 4.56. The Labute approximate surface area is 120 Å². The molecule has 1 saturated heterocycles. The second-order valence-electron chi connectivity index (χ2n) is 5.82. The zero-order chi connectivity index (χ0) is 14.7. The normalized spacial score (nSPS) is 26.6. The summed E-state index contributed by atoms with van der Waals surface area (Å²) in [5.41, 5.74) is 7.35. The van der Waals surface area contributed by atoms with Crippen molar-refractivity contribution in [3.8, 4) is 0 Å². The van der Waals surface area contributed by atoms with Crippen molar-refractivity contribution in [1.82, 2.24) is 4.90 Å². The van der Waals surface area contributed by atoms with Crippen LogP contribution in [0, 0.1) is 11.7 Å². The van der Waals surface area contributed by atoms with Gasteiger partial charge in [-0.3, -0.25) is 4.90 Å². The Hall–Kier alpha value is -0.970. The smallest absolute Gasteiger partial charge is 0.123 e. The van der Waals surface area contributed by atoms with E-state index in [0.717, 1.165) is 24.9 Å². The minimum Gasteiger partial charge on any atom is -0.395 e. The fraction of sp³-hybridized carbons (Fsp3) is 0.625. The molecular weight excluding hydrogens is 255 g/mol. The SMILES string of the molecule is CCC(N)C(c1ccc(F)cc1)N1CCC(C)C1CO. The van der Waals surface area contributed by atoms with Gasteiger partial charge < -0.3 is 10.8 Å². The molecule has 0 aliphatic carbocycles. The van der Waals surface area contributed by atoms with E-state index < -0.39 is 0 Å². The summed E-state index contributed by atoms with van der Waals surface area (Å²) in [6.07, 6.45) is 1.92. The molecule has 3 nitrogen and oxygen atoms in total. The van der Waals surface area contributed by atoms with E-state index in [1.165, 1.54) is 12.1 Å². The van der Waals surface area contributed by atoms with Crippen LogP contribution in [0.5, 0.6) is 0 Å². The second kappa shape index (κ2) is 6.66. The first-order chi connectivity index (χ1) is 9.58. The minimum absolute atomic E-state index is 0.0141. The van der Waals surface area contributed by atoms with Crippen molar-refractivity contribution < 1.29 is 9.50 Å². The summed E-state index contributed by atoms with van der Waals surface area (Å²) in [6, 6.07) is 6.76.